The molecule has 6 heteroatoms. The van der Waals surface area contributed by atoms with Crippen LogP contribution in [0.2, 0.25) is 5.02 Å². The Morgan fingerprint density at radius 3 is 2.73 bits per heavy atom. The molecule has 0 heterocycles. The predicted molar refractivity (Wildman–Crippen MR) is 60.0 cm³/mol. The van der Waals surface area contributed by atoms with Gasteiger partial charge in [0.15, 0.2) is 0 Å². The predicted octanol–water partition coefficient (Wildman–Crippen LogP) is 2.28. The molecular formula is C9H9BrClNO3. The van der Waals surface area contributed by atoms with Crippen LogP contribution in [-0.4, -0.2) is 16.2 Å². The number of carbonyl (C=O) groups is 1. The third-order valence-electron chi connectivity index (χ3n) is 1.85. The number of benzene rings is 1. The first-order valence-corrected chi connectivity index (χ1v) is 5.24. The second-order valence-electron chi connectivity index (χ2n) is 3.03. The fraction of sp³-hybridized carbons (Fsp3) is 0.222. The monoisotopic (exact) mass is 293 g/mol. The molecule has 0 unspecified atom stereocenters. The average molecular weight is 295 g/mol. The highest BCUT2D eigenvalue weighted by Crippen LogP contribution is 2.35. The van der Waals surface area contributed by atoms with E-state index in [2.05, 4.69) is 15.9 Å². The lowest BCUT2D eigenvalue weighted by atomic mass is 10.0. The van der Waals surface area contributed by atoms with Crippen molar-refractivity contribution in [2.24, 2.45) is 5.73 Å². The van der Waals surface area contributed by atoms with Gasteiger partial charge in [-0.3, -0.25) is 4.79 Å². The summed E-state index contributed by atoms with van der Waals surface area (Å²) in [5.41, 5.74) is 5.93. The highest BCUT2D eigenvalue weighted by atomic mass is 79.9. The van der Waals surface area contributed by atoms with Gasteiger partial charge in [-0.1, -0.05) is 27.5 Å². The topological polar surface area (TPSA) is 83.6 Å². The number of rotatable bonds is 3. The molecule has 0 spiro atoms. The van der Waals surface area contributed by atoms with Crippen LogP contribution in [-0.2, 0) is 4.79 Å². The van der Waals surface area contributed by atoms with E-state index in [0.29, 0.717) is 10.0 Å². The Balaban J connectivity index is 3.07. The molecule has 0 saturated carbocycles. The fourth-order valence-corrected chi connectivity index (χ4v) is 2.00. The zero-order valence-corrected chi connectivity index (χ0v) is 9.92. The number of phenolic OH excluding ortho intramolecular Hbond substituents is 1. The van der Waals surface area contributed by atoms with Crippen molar-refractivity contribution in [1.29, 1.82) is 0 Å². The third-order valence-corrected chi connectivity index (χ3v) is 2.60. The number of phenols is 1. The van der Waals surface area contributed by atoms with Gasteiger partial charge in [-0.05, 0) is 12.1 Å². The van der Waals surface area contributed by atoms with Crippen LogP contribution in [0.25, 0.3) is 0 Å². The average Bonchev–Trinajstić information content (AvgIpc) is 2.09. The minimum atomic E-state index is -1.03. The summed E-state index contributed by atoms with van der Waals surface area (Å²) >= 11 is 8.90. The molecule has 4 nitrogen and oxygen atoms in total. The Morgan fingerprint density at radius 1 is 1.60 bits per heavy atom. The van der Waals surface area contributed by atoms with Gasteiger partial charge in [-0.15, -0.1) is 0 Å². The minimum Gasteiger partial charge on any atom is -0.506 e. The van der Waals surface area contributed by atoms with Gasteiger partial charge in [-0.2, -0.15) is 0 Å². The summed E-state index contributed by atoms with van der Waals surface area (Å²) in [5, 5.41) is 18.3. The molecule has 0 fully saturated rings. The lowest BCUT2D eigenvalue weighted by molar-refractivity contribution is -0.137. The molecule has 0 saturated heterocycles. The highest BCUT2D eigenvalue weighted by Gasteiger charge is 2.17. The van der Waals surface area contributed by atoms with Crippen molar-refractivity contribution in [3.63, 3.8) is 0 Å². The first-order valence-electron chi connectivity index (χ1n) is 4.07. The Labute approximate surface area is 99.8 Å². The van der Waals surface area contributed by atoms with E-state index in [9.17, 15) is 9.90 Å². The second-order valence-corrected chi connectivity index (χ2v) is 4.35. The van der Waals surface area contributed by atoms with E-state index in [1.807, 2.05) is 0 Å². The van der Waals surface area contributed by atoms with Crippen LogP contribution >= 0.6 is 27.5 Å². The molecule has 1 atom stereocenters. The van der Waals surface area contributed by atoms with E-state index in [-0.39, 0.29) is 17.2 Å². The molecular weight excluding hydrogens is 285 g/mol. The van der Waals surface area contributed by atoms with Gasteiger partial charge < -0.3 is 15.9 Å². The summed E-state index contributed by atoms with van der Waals surface area (Å²) in [6.07, 6.45) is -0.264. The fourth-order valence-electron chi connectivity index (χ4n) is 1.17. The van der Waals surface area contributed by atoms with E-state index < -0.39 is 12.0 Å². The molecule has 1 rings (SSSR count). The first kappa shape index (κ1) is 12.3. The molecule has 0 radical (unpaired) electrons. The van der Waals surface area contributed by atoms with E-state index in [1.54, 1.807) is 6.07 Å². The molecule has 0 aromatic heterocycles. The number of hydrogen-bond acceptors (Lipinski definition) is 3. The van der Waals surface area contributed by atoms with E-state index >= 15 is 0 Å². The van der Waals surface area contributed by atoms with Gasteiger partial charge in [0.2, 0.25) is 0 Å². The van der Waals surface area contributed by atoms with Crippen molar-refractivity contribution in [3.8, 4) is 5.75 Å². The lowest BCUT2D eigenvalue weighted by Crippen LogP contribution is -2.15. The summed E-state index contributed by atoms with van der Waals surface area (Å²) in [5.74, 6) is -1.20. The number of carboxylic acid groups (broad SMARTS) is 1. The number of aromatic hydroxyl groups is 1. The van der Waals surface area contributed by atoms with Crippen LogP contribution in [0.1, 0.15) is 18.0 Å². The summed E-state index contributed by atoms with van der Waals surface area (Å²) in [6.45, 7) is 0. The molecule has 1 aromatic rings. The van der Waals surface area contributed by atoms with Crippen LogP contribution in [0.3, 0.4) is 0 Å². The maximum Gasteiger partial charge on any atom is 0.305 e. The number of halogens is 2. The van der Waals surface area contributed by atoms with Gasteiger partial charge in [0.25, 0.3) is 0 Å². The van der Waals surface area contributed by atoms with E-state index in [1.165, 1.54) is 6.07 Å². The molecule has 0 bridgehead atoms. The molecule has 0 aliphatic heterocycles. The minimum absolute atomic E-state index is 0.139. The van der Waals surface area contributed by atoms with Crippen molar-refractivity contribution in [2.75, 3.05) is 0 Å². The normalized spacial score (nSPS) is 12.5. The highest BCUT2D eigenvalue weighted by molar-refractivity contribution is 9.10. The first-order chi connectivity index (χ1) is 6.91. The van der Waals surface area contributed by atoms with Crippen LogP contribution in [0.4, 0.5) is 0 Å². The van der Waals surface area contributed by atoms with Gasteiger partial charge >= 0.3 is 5.97 Å². The summed E-state index contributed by atoms with van der Waals surface area (Å²) in [6, 6.07) is 2.28. The third kappa shape index (κ3) is 3.09. The maximum atomic E-state index is 10.5. The second kappa shape index (κ2) is 4.83. The Bertz CT molecular complexity index is 397. The standard InChI is InChI=1S/C9H9BrClNO3/c10-4-1-5(7(12)3-8(13)14)9(15)6(11)2-4/h1-2,7,15H,3,12H2,(H,13,14)/t7-/m0/s1. The number of nitrogens with two attached hydrogens (primary N) is 1. The Kier molecular flexibility index (Phi) is 3.96. The lowest BCUT2D eigenvalue weighted by Gasteiger charge is -2.12. The summed E-state index contributed by atoms with van der Waals surface area (Å²) in [7, 11) is 0. The van der Waals surface area contributed by atoms with Gasteiger partial charge in [-0.25, -0.2) is 0 Å². The van der Waals surface area contributed by atoms with Crippen molar-refractivity contribution in [1.82, 2.24) is 0 Å². The smallest absolute Gasteiger partial charge is 0.305 e. The van der Waals surface area contributed by atoms with Crippen molar-refractivity contribution < 1.29 is 15.0 Å². The van der Waals surface area contributed by atoms with Crippen LogP contribution < -0.4 is 5.73 Å². The summed E-state index contributed by atoms with van der Waals surface area (Å²) in [4.78, 5) is 10.5. The van der Waals surface area contributed by atoms with E-state index in [0.717, 1.165) is 0 Å². The van der Waals surface area contributed by atoms with Gasteiger partial charge in [0.05, 0.1) is 11.4 Å². The van der Waals surface area contributed by atoms with Crippen LogP contribution in [0.15, 0.2) is 16.6 Å². The zero-order chi connectivity index (χ0) is 11.6. The SMILES string of the molecule is N[C@@H](CC(=O)O)c1cc(Br)cc(Cl)c1O. The van der Waals surface area contributed by atoms with Crippen molar-refractivity contribution in [3.05, 3.63) is 27.2 Å². The van der Waals surface area contributed by atoms with Crippen LogP contribution in [0, 0.1) is 0 Å². The molecule has 1 aromatic carbocycles. The van der Waals surface area contributed by atoms with Crippen molar-refractivity contribution in [2.45, 2.75) is 12.5 Å². The molecule has 15 heavy (non-hydrogen) atoms. The zero-order valence-electron chi connectivity index (χ0n) is 7.58. The number of aliphatic carboxylic acids is 1. The molecule has 0 aliphatic carbocycles. The Morgan fingerprint density at radius 2 is 2.20 bits per heavy atom. The summed E-state index contributed by atoms with van der Waals surface area (Å²) < 4.78 is 0.640. The molecule has 82 valence electrons. The number of hydrogen-bond donors (Lipinski definition) is 3. The Hall–Kier alpha value is -0.780. The van der Waals surface area contributed by atoms with E-state index in [4.69, 9.17) is 22.4 Å². The quantitative estimate of drug-likeness (QED) is 0.798. The van der Waals surface area contributed by atoms with Gasteiger partial charge in [0, 0.05) is 16.1 Å². The molecule has 0 aliphatic rings. The maximum absolute atomic E-state index is 10.5. The van der Waals surface area contributed by atoms with Gasteiger partial charge in [0.1, 0.15) is 5.75 Å². The molecule has 0 amide bonds. The number of carboxylic acids is 1. The van der Waals surface area contributed by atoms with Crippen molar-refractivity contribution >= 4 is 33.5 Å². The largest absolute Gasteiger partial charge is 0.506 e. The molecule has 4 N–H and O–H groups in total. The van der Waals surface area contributed by atoms with Crippen LogP contribution in [0.5, 0.6) is 5.75 Å².